The fraction of sp³-hybridized carbons (Fsp3) is 0.758. The lowest BCUT2D eigenvalue weighted by Gasteiger charge is -2.69. The summed E-state index contributed by atoms with van der Waals surface area (Å²) in [6.45, 7) is 2.82. The number of hydrogen-bond acceptors (Lipinski definition) is 10. The molecule has 7 rings (SSSR count). The van der Waals surface area contributed by atoms with Crippen molar-refractivity contribution in [3.05, 3.63) is 35.9 Å². The van der Waals surface area contributed by atoms with Crippen LogP contribution in [0.2, 0.25) is 0 Å². The van der Waals surface area contributed by atoms with Crippen molar-refractivity contribution in [2.45, 2.75) is 74.3 Å². The Hall–Kier alpha value is -2.08. The second-order valence-corrected chi connectivity index (χ2v) is 14.1. The van der Waals surface area contributed by atoms with Crippen LogP contribution in [-0.2, 0) is 33.2 Å². The first-order valence-electron chi connectivity index (χ1n) is 15.5. The van der Waals surface area contributed by atoms with Crippen molar-refractivity contribution in [2.75, 3.05) is 48.6 Å². The number of carbonyl (C=O) groups excluding carboxylic acids is 2. The first-order valence-corrected chi connectivity index (χ1v) is 15.5. The maximum atomic E-state index is 13.7. The SMILES string of the molecule is COC[C@@]12CCC(OC)[C@@]34C5C[C@]6(O)C(OC)C[C@](OC(C)=O)(C(C(OC)C13)C4N(C)C2)C5[C@@H]6OC(=O)c1ccccc1. The molecule has 236 valence electrons. The topological polar surface area (TPSA) is 113 Å². The quantitative estimate of drug-likeness (QED) is 0.447. The fourth-order valence-corrected chi connectivity index (χ4v) is 12.2. The summed E-state index contributed by atoms with van der Waals surface area (Å²) in [4.78, 5) is 29.2. The summed E-state index contributed by atoms with van der Waals surface area (Å²) in [5, 5.41) is 12.7. The van der Waals surface area contributed by atoms with E-state index in [2.05, 4.69) is 11.9 Å². The van der Waals surface area contributed by atoms with E-state index in [4.69, 9.17) is 28.4 Å². The van der Waals surface area contributed by atoms with E-state index >= 15 is 0 Å². The summed E-state index contributed by atoms with van der Waals surface area (Å²) < 4.78 is 38.0. The van der Waals surface area contributed by atoms with Crippen LogP contribution in [0.3, 0.4) is 0 Å². The lowest BCUT2D eigenvalue weighted by atomic mass is 9.43. The number of hydrogen-bond donors (Lipinski definition) is 1. The van der Waals surface area contributed by atoms with Gasteiger partial charge in [-0.2, -0.15) is 0 Å². The van der Waals surface area contributed by atoms with E-state index in [-0.39, 0.29) is 47.8 Å². The Labute approximate surface area is 253 Å². The molecule has 10 nitrogen and oxygen atoms in total. The zero-order chi connectivity index (χ0) is 30.5. The van der Waals surface area contributed by atoms with Gasteiger partial charge in [0.1, 0.15) is 17.3 Å². The Morgan fingerprint density at radius 3 is 2.35 bits per heavy atom. The molecule has 6 fully saturated rings. The zero-order valence-corrected chi connectivity index (χ0v) is 26.0. The smallest absolute Gasteiger partial charge is 0.338 e. The highest BCUT2D eigenvalue weighted by atomic mass is 16.6. The third-order valence-electron chi connectivity index (χ3n) is 12.7. The van der Waals surface area contributed by atoms with Gasteiger partial charge in [0, 0.05) is 83.0 Å². The molecule has 0 aromatic heterocycles. The van der Waals surface area contributed by atoms with E-state index in [1.165, 1.54) is 6.92 Å². The van der Waals surface area contributed by atoms with E-state index in [1.54, 1.807) is 52.7 Å². The summed E-state index contributed by atoms with van der Waals surface area (Å²) in [6, 6.07) is 8.77. The van der Waals surface area contributed by atoms with Crippen LogP contribution < -0.4 is 0 Å². The van der Waals surface area contributed by atoms with Crippen molar-refractivity contribution in [1.29, 1.82) is 0 Å². The van der Waals surface area contributed by atoms with Crippen LogP contribution in [-0.4, -0.2) is 112 Å². The second-order valence-electron chi connectivity index (χ2n) is 14.1. The lowest BCUT2D eigenvalue weighted by Crippen LogP contribution is -2.77. The molecular weight excluding hydrogens is 554 g/mol. The normalized spacial score (nSPS) is 49.0. The third-order valence-corrected chi connectivity index (χ3v) is 12.7. The van der Waals surface area contributed by atoms with Crippen LogP contribution in [0.15, 0.2) is 30.3 Å². The summed E-state index contributed by atoms with van der Waals surface area (Å²) in [5.74, 6) is -1.87. The van der Waals surface area contributed by atoms with Crippen molar-refractivity contribution < 1.29 is 43.1 Å². The number of carbonyl (C=O) groups is 2. The molecule has 1 saturated heterocycles. The van der Waals surface area contributed by atoms with E-state index < -0.39 is 46.7 Å². The van der Waals surface area contributed by atoms with Gasteiger partial charge in [0.2, 0.25) is 0 Å². The van der Waals surface area contributed by atoms with Gasteiger partial charge in [0.05, 0.1) is 30.5 Å². The molecule has 0 radical (unpaired) electrons. The van der Waals surface area contributed by atoms with Gasteiger partial charge in [-0.1, -0.05) is 18.2 Å². The third kappa shape index (κ3) is 3.51. The average Bonchev–Trinajstić information content (AvgIpc) is 3.37. The average molecular weight is 600 g/mol. The highest BCUT2D eigenvalue weighted by Gasteiger charge is 2.89. The van der Waals surface area contributed by atoms with Gasteiger partial charge in [0.25, 0.3) is 0 Å². The van der Waals surface area contributed by atoms with Gasteiger partial charge in [-0.3, -0.25) is 4.79 Å². The molecule has 5 saturated carbocycles. The molecule has 6 aliphatic rings. The van der Waals surface area contributed by atoms with Crippen LogP contribution in [0.25, 0.3) is 0 Å². The molecule has 5 aliphatic carbocycles. The Balaban J connectivity index is 1.48. The minimum atomic E-state index is -1.48. The van der Waals surface area contributed by atoms with Crippen molar-refractivity contribution >= 4 is 11.9 Å². The first-order chi connectivity index (χ1) is 20.6. The van der Waals surface area contributed by atoms with E-state index in [9.17, 15) is 14.7 Å². The highest BCUT2D eigenvalue weighted by molar-refractivity contribution is 5.89. The fourth-order valence-electron chi connectivity index (χ4n) is 12.2. The Morgan fingerprint density at radius 1 is 1.00 bits per heavy atom. The number of nitrogens with zero attached hydrogens (tertiary/aromatic N) is 1. The number of aliphatic hydroxyl groups is 1. The standard InChI is InChI=1S/C33H45NO9/c1-18(35)43-32-15-22(40-5)31(37)14-20(23(32)28(31)42-29(36)19-10-8-7-9-11-19)33-21(39-4)12-13-30(17-38-3)16-34(2)27(33)24(32)25(41-6)26(30)33/h7-11,20-28,37H,12-17H2,1-6H3/t20?,21?,22?,23?,24?,25?,26?,27?,28-,30-,31-,32+,33-/m0/s1. The van der Waals surface area contributed by atoms with E-state index in [1.807, 2.05) is 6.07 Å². The number of benzene rings is 1. The molecule has 1 aromatic carbocycles. The van der Waals surface area contributed by atoms with E-state index in [0.717, 1.165) is 19.4 Å². The number of rotatable bonds is 8. The molecule has 7 bridgehead atoms. The van der Waals surface area contributed by atoms with Crippen molar-refractivity contribution in [2.24, 2.45) is 34.5 Å². The van der Waals surface area contributed by atoms with Crippen LogP contribution in [0.1, 0.15) is 43.0 Å². The first kappa shape index (κ1) is 29.6. The van der Waals surface area contributed by atoms with Gasteiger partial charge < -0.3 is 38.4 Å². The monoisotopic (exact) mass is 599 g/mol. The molecule has 13 atom stereocenters. The largest absolute Gasteiger partial charge is 0.458 e. The summed E-state index contributed by atoms with van der Waals surface area (Å²) in [7, 11) is 9.01. The molecule has 0 amide bonds. The minimum absolute atomic E-state index is 0.0201. The van der Waals surface area contributed by atoms with E-state index in [0.29, 0.717) is 18.6 Å². The Kier molecular flexibility index (Phi) is 6.86. The van der Waals surface area contributed by atoms with Gasteiger partial charge in [-0.15, -0.1) is 0 Å². The molecule has 1 spiro atoms. The number of esters is 2. The van der Waals surface area contributed by atoms with Crippen LogP contribution >= 0.6 is 0 Å². The molecule has 1 heterocycles. The molecule has 1 aliphatic heterocycles. The molecule has 10 heteroatoms. The second kappa shape index (κ2) is 9.96. The Morgan fingerprint density at radius 2 is 1.72 bits per heavy atom. The van der Waals surface area contributed by atoms with Crippen LogP contribution in [0.5, 0.6) is 0 Å². The van der Waals surface area contributed by atoms with Crippen molar-refractivity contribution in [3.8, 4) is 0 Å². The highest BCUT2D eigenvalue weighted by Crippen LogP contribution is 2.80. The molecule has 8 unspecified atom stereocenters. The number of methoxy groups -OCH3 is 4. The van der Waals surface area contributed by atoms with Gasteiger partial charge >= 0.3 is 11.9 Å². The maximum absolute atomic E-state index is 13.7. The lowest BCUT2D eigenvalue weighted by molar-refractivity contribution is -0.285. The Bertz CT molecular complexity index is 1280. The van der Waals surface area contributed by atoms with Gasteiger partial charge in [0.15, 0.2) is 0 Å². The van der Waals surface area contributed by atoms with Gasteiger partial charge in [-0.05, 0) is 44.4 Å². The predicted molar refractivity (Wildman–Crippen MR) is 153 cm³/mol. The van der Waals surface area contributed by atoms with Crippen molar-refractivity contribution in [1.82, 2.24) is 4.90 Å². The predicted octanol–water partition coefficient (Wildman–Crippen LogP) is 2.32. The molecular formula is C33H45NO9. The minimum Gasteiger partial charge on any atom is -0.458 e. The molecule has 1 aromatic rings. The maximum Gasteiger partial charge on any atom is 0.338 e. The van der Waals surface area contributed by atoms with Crippen molar-refractivity contribution in [3.63, 3.8) is 0 Å². The summed E-state index contributed by atoms with van der Waals surface area (Å²) >= 11 is 0. The number of likely N-dealkylation sites (tertiary alicyclic amines) is 1. The van der Waals surface area contributed by atoms with Crippen LogP contribution in [0, 0.1) is 34.5 Å². The molecule has 43 heavy (non-hydrogen) atoms. The molecule has 1 N–H and O–H groups in total. The number of ether oxygens (including phenoxy) is 6. The van der Waals surface area contributed by atoms with Crippen LogP contribution in [0.4, 0.5) is 0 Å². The number of fused-ring (bicyclic) bond motifs is 2. The number of piperidine rings is 1. The summed E-state index contributed by atoms with van der Waals surface area (Å²) in [5.41, 5.74) is -2.88. The van der Waals surface area contributed by atoms with Gasteiger partial charge in [-0.25, -0.2) is 4.79 Å². The zero-order valence-electron chi connectivity index (χ0n) is 26.0. The summed E-state index contributed by atoms with van der Waals surface area (Å²) in [6.07, 6.45) is 0.272.